The summed E-state index contributed by atoms with van der Waals surface area (Å²) in [7, 11) is 0. The molecule has 0 bridgehead atoms. The molecule has 32 heavy (non-hydrogen) atoms. The standard InChI is InChI=1S/C27H35NO4/c1-17-9-8-12-27(4)14-23-19(13-21(17)27)20(25(29)31-23)15-28-22-16-30-26(2,3)32-24(22)18-10-6-5-7-11-18/h5-7,9-11,13,19-20,22-24,28H,8,12,14-16H2,1-4H3/t19-,20?,22+,23-,24+,27-/m1/s1. The van der Waals surface area contributed by atoms with Crippen molar-refractivity contribution in [2.24, 2.45) is 17.3 Å². The monoisotopic (exact) mass is 437 g/mol. The number of benzene rings is 1. The molecule has 2 heterocycles. The lowest BCUT2D eigenvalue weighted by Gasteiger charge is -2.43. The number of carbonyl (C=O) groups excluding carboxylic acids is 1. The second-order valence-corrected chi connectivity index (χ2v) is 10.6. The third-order valence-corrected chi connectivity index (χ3v) is 7.81. The van der Waals surface area contributed by atoms with E-state index < -0.39 is 5.79 Å². The Morgan fingerprint density at radius 2 is 1.94 bits per heavy atom. The fourth-order valence-corrected chi connectivity index (χ4v) is 6.05. The molecular formula is C27H35NO4. The zero-order chi connectivity index (χ0) is 22.5. The number of hydrogen-bond acceptors (Lipinski definition) is 5. The van der Waals surface area contributed by atoms with Gasteiger partial charge in [0, 0.05) is 12.5 Å². The Balaban J connectivity index is 1.34. The molecule has 0 spiro atoms. The van der Waals surface area contributed by atoms with Crippen LogP contribution in [0.3, 0.4) is 0 Å². The third-order valence-electron chi connectivity index (χ3n) is 7.81. The summed E-state index contributed by atoms with van der Waals surface area (Å²) in [6, 6.07) is 10.2. The highest BCUT2D eigenvalue weighted by Gasteiger charge is 2.51. The van der Waals surface area contributed by atoms with Crippen molar-refractivity contribution in [3.63, 3.8) is 0 Å². The van der Waals surface area contributed by atoms with Gasteiger partial charge in [0.25, 0.3) is 0 Å². The SMILES string of the molecule is CC1=CCC[C@]2(C)C[C@H]3OC(=O)C(CN[C@H]4COC(C)(C)O[C@H]4c4ccccc4)[C@H]3C=C12. The Kier molecular flexibility index (Phi) is 5.55. The first kappa shape index (κ1) is 21.9. The second-order valence-electron chi connectivity index (χ2n) is 10.6. The van der Waals surface area contributed by atoms with E-state index in [-0.39, 0.29) is 41.5 Å². The van der Waals surface area contributed by atoms with E-state index in [1.807, 2.05) is 32.0 Å². The molecule has 5 heteroatoms. The fourth-order valence-electron chi connectivity index (χ4n) is 6.05. The summed E-state index contributed by atoms with van der Waals surface area (Å²) in [4.78, 5) is 12.9. The number of hydrogen-bond donors (Lipinski definition) is 1. The van der Waals surface area contributed by atoms with Crippen LogP contribution in [0.1, 0.15) is 58.6 Å². The molecule has 1 N–H and O–H groups in total. The van der Waals surface area contributed by atoms with E-state index >= 15 is 0 Å². The number of nitrogens with one attached hydrogen (secondary N) is 1. The molecular weight excluding hydrogens is 402 g/mol. The first-order valence-corrected chi connectivity index (χ1v) is 12.0. The lowest BCUT2D eigenvalue weighted by molar-refractivity contribution is -0.285. The van der Waals surface area contributed by atoms with E-state index in [1.54, 1.807) is 0 Å². The van der Waals surface area contributed by atoms with Crippen LogP contribution in [-0.4, -0.2) is 37.1 Å². The number of rotatable bonds is 4. The van der Waals surface area contributed by atoms with Gasteiger partial charge in [-0.15, -0.1) is 0 Å². The van der Waals surface area contributed by atoms with E-state index in [1.165, 1.54) is 11.1 Å². The van der Waals surface area contributed by atoms with Crippen molar-refractivity contribution < 1.29 is 19.0 Å². The average Bonchev–Trinajstić information content (AvgIpc) is 3.05. The molecule has 2 fully saturated rings. The van der Waals surface area contributed by atoms with Gasteiger partial charge in [-0.25, -0.2) is 0 Å². The van der Waals surface area contributed by atoms with Crippen LogP contribution >= 0.6 is 0 Å². The van der Waals surface area contributed by atoms with Crippen molar-refractivity contribution in [3.8, 4) is 0 Å². The summed E-state index contributed by atoms with van der Waals surface area (Å²) < 4.78 is 18.2. The van der Waals surface area contributed by atoms with Crippen LogP contribution in [0.15, 0.2) is 53.6 Å². The molecule has 2 aliphatic carbocycles. The molecule has 0 radical (unpaired) electrons. The molecule has 1 unspecified atom stereocenters. The van der Waals surface area contributed by atoms with E-state index in [9.17, 15) is 4.79 Å². The molecule has 1 aromatic rings. The molecule has 172 valence electrons. The minimum Gasteiger partial charge on any atom is -0.461 e. The van der Waals surface area contributed by atoms with Crippen molar-refractivity contribution >= 4 is 5.97 Å². The summed E-state index contributed by atoms with van der Waals surface area (Å²) in [5.41, 5.74) is 4.02. The molecule has 2 aliphatic heterocycles. The summed E-state index contributed by atoms with van der Waals surface area (Å²) in [6.07, 6.45) is 7.69. The van der Waals surface area contributed by atoms with Crippen LogP contribution < -0.4 is 5.32 Å². The van der Waals surface area contributed by atoms with Gasteiger partial charge in [0.1, 0.15) is 12.2 Å². The van der Waals surface area contributed by atoms with Gasteiger partial charge in [-0.05, 0) is 56.6 Å². The van der Waals surface area contributed by atoms with E-state index in [0.717, 1.165) is 24.8 Å². The predicted molar refractivity (Wildman–Crippen MR) is 123 cm³/mol. The zero-order valence-corrected chi connectivity index (χ0v) is 19.6. The zero-order valence-electron chi connectivity index (χ0n) is 19.6. The summed E-state index contributed by atoms with van der Waals surface area (Å²) in [5, 5.41) is 3.61. The number of esters is 1. The molecule has 0 amide bonds. The predicted octanol–water partition coefficient (Wildman–Crippen LogP) is 4.70. The first-order chi connectivity index (χ1) is 15.3. The lowest BCUT2D eigenvalue weighted by atomic mass is 9.62. The maximum atomic E-state index is 12.9. The highest BCUT2D eigenvalue weighted by Crippen LogP contribution is 2.52. The van der Waals surface area contributed by atoms with Gasteiger partial charge in [-0.1, -0.05) is 55.0 Å². The number of allylic oxidation sites excluding steroid dienone is 3. The molecule has 5 nitrogen and oxygen atoms in total. The summed E-state index contributed by atoms with van der Waals surface area (Å²) in [6.45, 7) is 9.52. The van der Waals surface area contributed by atoms with Crippen molar-refractivity contribution in [2.45, 2.75) is 71.0 Å². The Morgan fingerprint density at radius 3 is 2.72 bits per heavy atom. The molecule has 4 aliphatic rings. The second kappa shape index (κ2) is 8.12. The van der Waals surface area contributed by atoms with Crippen molar-refractivity contribution in [1.29, 1.82) is 0 Å². The average molecular weight is 438 g/mol. The van der Waals surface area contributed by atoms with Crippen LogP contribution in [0.4, 0.5) is 0 Å². The Morgan fingerprint density at radius 1 is 1.16 bits per heavy atom. The summed E-state index contributed by atoms with van der Waals surface area (Å²) >= 11 is 0. The maximum absolute atomic E-state index is 12.9. The van der Waals surface area contributed by atoms with Crippen LogP contribution in [0.5, 0.6) is 0 Å². The van der Waals surface area contributed by atoms with Crippen molar-refractivity contribution in [2.75, 3.05) is 13.2 Å². The summed E-state index contributed by atoms with van der Waals surface area (Å²) in [5.74, 6) is -0.781. The fraction of sp³-hybridized carbons (Fsp3) is 0.593. The smallest absolute Gasteiger partial charge is 0.311 e. The minimum absolute atomic E-state index is 0.0170. The van der Waals surface area contributed by atoms with E-state index in [2.05, 4.69) is 43.4 Å². The van der Waals surface area contributed by atoms with Crippen LogP contribution in [0.25, 0.3) is 0 Å². The molecule has 5 rings (SSSR count). The molecule has 1 aromatic carbocycles. The maximum Gasteiger partial charge on any atom is 0.311 e. The van der Waals surface area contributed by atoms with Gasteiger partial charge in [0.15, 0.2) is 5.79 Å². The number of ether oxygens (including phenoxy) is 3. The lowest BCUT2D eigenvalue weighted by Crippen LogP contribution is -2.52. The highest BCUT2D eigenvalue weighted by atomic mass is 16.7. The van der Waals surface area contributed by atoms with Gasteiger partial charge in [0.2, 0.25) is 0 Å². The van der Waals surface area contributed by atoms with Crippen molar-refractivity contribution in [1.82, 2.24) is 5.32 Å². The van der Waals surface area contributed by atoms with Gasteiger partial charge >= 0.3 is 5.97 Å². The number of carbonyl (C=O) groups is 1. The largest absolute Gasteiger partial charge is 0.461 e. The molecule has 0 saturated carbocycles. The van der Waals surface area contributed by atoms with Gasteiger partial charge < -0.3 is 19.5 Å². The van der Waals surface area contributed by atoms with Crippen LogP contribution in [0.2, 0.25) is 0 Å². The highest BCUT2D eigenvalue weighted by molar-refractivity contribution is 5.76. The number of fused-ring (bicyclic) bond motifs is 2. The van der Waals surface area contributed by atoms with Gasteiger partial charge in [-0.3, -0.25) is 4.79 Å². The third kappa shape index (κ3) is 3.95. The molecule has 6 atom stereocenters. The normalized spacial score (nSPS) is 38.2. The van der Waals surface area contributed by atoms with E-state index in [0.29, 0.717) is 13.2 Å². The Bertz CT molecular complexity index is 936. The quantitative estimate of drug-likeness (QED) is 0.692. The molecule has 2 saturated heterocycles. The minimum atomic E-state index is -0.640. The first-order valence-electron chi connectivity index (χ1n) is 12.0. The van der Waals surface area contributed by atoms with Gasteiger partial charge in [0.05, 0.1) is 18.6 Å². The van der Waals surface area contributed by atoms with Crippen molar-refractivity contribution in [3.05, 3.63) is 59.2 Å². The van der Waals surface area contributed by atoms with Gasteiger partial charge in [-0.2, -0.15) is 0 Å². The van der Waals surface area contributed by atoms with E-state index in [4.69, 9.17) is 14.2 Å². The Labute approximate surface area is 191 Å². The Hall–Kier alpha value is -1.95. The van der Waals surface area contributed by atoms with Crippen LogP contribution in [-0.2, 0) is 19.0 Å². The van der Waals surface area contributed by atoms with Crippen LogP contribution in [0, 0.1) is 17.3 Å². The topological polar surface area (TPSA) is 56.8 Å². The molecule has 0 aromatic heterocycles.